The van der Waals surface area contributed by atoms with Crippen molar-refractivity contribution in [3.63, 3.8) is 0 Å². The standard InChI is InChI=1S/C11H20N4O/c1-9-3-6-15(7-4-9)8-5-12-11-13-10(2)14-16-11/h9H,3-8H2,1-2H3,(H,12,13,14). The molecule has 5 heteroatoms. The summed E-state index contributed by atoms with van der Waals surface area (Å²) in [5.41, 5.74) is 0. The molecular weight excluding hydrogens is 204 g/mol. The summed E-state index contributed by atoms with van der Waals surface area (Å²) in [5, 5.41) is 6.87. The number of likely N-dealkylation sites (tertiary alicyclic amines) is 1. The molecular formula is C11H20N4O. The van der Waals surface area contributed by atoms with E-state index in [1.54, 1.807) is 0 Å². The monoisotopic (exact) mass is 224 g/mol. The van der Waals surface area contributed by atoms with E-state index in [0.717, 1.165) is 19.0 Å². The largest absolute Gasteiger partial charge is 0.336 e. The Hall–Kier alpha value is -1.10. The van der Waals surface area contributed by atoms with Gasteiger partial charge in [0.05, 0.1) is 0 Å². The highest BCUT2D eigenvalue weighted by Crippen LogP contribution is 2.15. The van der Waals surface area contributed by atoms with Crippen LogP contribution >= 0.6 is 0 Å². The van der Waals surface area contributed by atoms with Crippen molar-refractivity contribution in [1.82, 2.24) is 15.0 Å². The molecule has 16 heavy (non-hydrogen) atoms. The molecule has 0 spiro atoms. The summed E-state index contributed by atoms with van der Waals surface area (Å²) in [4.78, 5) is 6.58. The maximum atomic E-state index is 4.98. The normalized spacial score (nSPS) is 18.9. The van der Waals surface area contributed by atoms with E-state index in [0.29, 0.717) is 11.8 Å². The van der Waals surface area contributed by atoms with Gasteiger partial charge in [0.25, 0.3) is 0 Å². The van der Waals surface area contributed by atoms with Crippen LogP contribution in [0.2, 0.25) is 0 Å². The maximum absolute atomic E-state index is 4.98. The highest BCUT2D eigenvalue weighted by atomic mass is 16.5. The number of nitrogens with one attached hydrogen (secondary N) is 1. The van der Waals surface area contributed by atoms with Crippen LogP contribution in [0.5, 0.6) is 0 Å². The summed E-state index contributed by atoms with van der Waals surface area (Å²) in [5.74, 6) is 1.57. The van der Waals surface area contributed by atoms with E-state index in [1.807, 2.05) is 6.92 Å². The van der Waals surface area contributed by atoms with Gasteiger partial charge in [-0.3, -0.25) is 0 Å². The summed E-state index contributed by atoms with van der Waals surface area (Å²) >= 11 is 0. The summed E-state index contributed by atoms with van der Waals surface area (Å²) in [7, 11) is 0. The molecule has 1 aliphatic rings. The first-order chi connectivity index (χ1) is 7.74. The minimum atomic E-state index is 0.530. The van der Waals surface area contributed by atoms with Crippen LogP contribution in [0.25, 0.3) is 0 Å². The van der Waals surface area contributed by atoms with Crippen LogP contribution in [0.4, 0.5) is 6.01 Å². The third-order valence-corrected chi connectivity index (χ3v) is 3.11. The molecule has 1 aromatic heterocycles. The van der Waals surface area contributed by atoms with Crippen molar-refractivity contribution < 1.29 is 4.52 Å². The van der Waals surface area contributed by atoms with Gasteiger partial charge in [-0.15, -0.1) is 0 Å². The average Bonchev–Trinajstić information content (AvgIpc) is 2.67. The SMILES string of the molecule is Cc1noc(NCCN2CCC(C)CC2)n1. The van der Waals surface area contributed by atoms with Gasteiger partial charge in [0, 0.05) is 13.1 Å². The molecule has 0 amide bonds. The number of hydrogen-bond donors (Lipinski definition) is 1. The van der Waals surface area contributed by atoms with Gasteiger partial charge in [-0.1, -0.05) is 12.1 Å². The smallest absolute Gasteiger partial charge is 0.321 e. The Morgan fingerprint density at radius 3 is 2.81 bits per heavy atom. The topological polar surface area (TPSA) is 54.2 Å². The van der Waals surface area contributed by atoms with Crippen LogP contribution in [0.15, 0.2) is 4.52 Å². The number of aryl methyl sites for hydroxylation is 1. The van der Waals surface area contributed by atoms with Crippen LogP contribution < -0.4 is 5.32 Å². The summed E-state index contributed by atoms with van der Waals surface area (Å²) in [6.07, 6.45) is 2.64. The van der Waals surface area contributed by atoms with Gasteiger partial charge in [0.15, 0.2) is 5.82 Å². The van der Waals surface area contributed by atoms with Crippen molar-refractivity contribution in [3.8, 4) is 0 Å². The lowest BCUT2D eigenvalue weighted by atomic mass is 9.99. The molecule has 1 aromatic rings. The Morgan fingerprint density at radius 1 is 1.44 bits per heavy atom. The summed E-state index contributed by atoms with van der Waals surface area (Å²) in [6, 6.07) is 0.530. The van der Waals surface area contributed by atoms with Gasteiger partial charge in [-0.05, 0) is 38.8 Å². The van der Waals surface area contributed by atoms with Crippen LogP contribution in [0, 0.1) is 12.8 Å². The highest BCUT2D eigenvalue weighted by Gasteiger charge is 2.14. The molecule has 1 N–H and O–H groups in total. The number of hydrogen-bond acceptors (Lipinski definition) is 5. The number of piperidine rings is 1. The summed E-state index contributed by atoms with van der Waals surface area (Å²) < 4.78 is 4.98. The van der Waals surface area contributed by atoms with Gasteiger partial charge in [-0.2, -0.15) is 4.98 Å². The van der Waals surface area contributed by atoms with E-state index >= 15 is 0 Å². The Bertz CT molecular complexity index is 318. The molecule has 0 unspecified atom stereocenters. The Morgan fingerprint density at radius 2 is 2.19 bits per heavy atom. The van der Waals surface area contributed by atoms with Gasteiger partial charge in [0.2, 0.25) is 0 Å². The van der Waals surface area contributed by atoms with Crippen molar-refractivity contribution in [1.29, 1.82) is 0 Å². The molecule has 1 fully saturated rings. The van der Waals surface area contributed by atoms with Crippen molar-refractivity contribution in [2.24, 2.45) is 5.92 Å². The first-order valence-corrected chi connectivity index (χ1v) is 6.00. The molecule has 0 radical (unpaired) electrons. The maximum Gasteiger partial charge on any atom is 0.321 e. The van der Waals surface area contributed by atoms with Crippen LogP contribution in [0.1, 0.15) is 25.6 Å². The van der Waals surface area contributed by atoms with Crippen molar-refractivity contribution in [2.45, 2.75) is 26.7 Å². The highest BCUT2D eigenvalue weighted by molar-refractivity contribution is 5.17. The Kier molecular flexibility index (Phi) is 3.77. The third kappa shape index (κ3) is 3.20. The van der Waals surface area contributed by atoms with Gasteiger partial charge < -0.3 is 14.7 Å². The average molecular weight is 224 g/mol. The molecule has 0 saturated carbocycles. The van der Waals surface area contributed by atoms with Gasteiger partial charge in [-0.25, -0.2) is 0 Å². The van der Waals surface area contributed by atoms with Crippen molar-refractivity contribution in [2.75, 3.05) is 31.5 Å². The lowest BCUT2D eigenvalue weighted by Crippen LogP contribution is -2.36. The predicted molar refractivity (Wildman–Crippen MR) is 62.4 cm³/mol. The van der Waals surface area contributed by atoms with E-state index in [1.165, 1.54) is 25.9 Å². The zero-order chi connectivity index (χ0) is 11.4. The Balaban J connectivity index is 1.64. The third-order valence-electron chi connectivity index (χ3n) is 3.11. The lowest BCUT2D eigenvalue weighted by Gasteiger charge is -2.29. The first-order valence-electron chi connectivity index (χ1n) is 6.00. The van der Waals surface area contributed by atoms with E-state index in [2.05, 4.69) is 27.3 Å². The van der Waals surface area contributed by atoms with E-state index < -0.39 is 0 Å². The van der Waals surface area contributed by atoms with Crippen LogP contribution in [0.3, 0.4) is 0 Å². The predicted octanol–water partition coefficient (Wildman–Crippen LogP) is 1.52. The van der Waals surface area contributed by atoms with Crippen molar-refractivity contribution in [3.05, 3.63) is 5.82 Å². The minimum absolute atomic E-state index is 0.530. The fourth-order valence-electron chi connectivity index (χ4n) is 1.98. The molecule has 2 rings (SSSR count). The molecule has 0 bridgehead atoms. The molecule has 0 aromatic carbocycles. The molecule has 5 nitrogen and oxygen atoms in total. The van der Waals surface area contributed by atoms with Crippen LogP contribution in [-0.2, 0) is 0 Å². The molecule has 1 saturated heterocycles. The fourth-order valence-corrected chi connectivity index (χ4v) is 1.98. The van der Waals surface area contributed by atoms with Crippen LogP contribution in [-0.4, -0.2) is 41.2 Å². The quantitative estimate of drug-likeness (QED) is 0.840. The second kappa shape index (κ2) is 5.30. The second-order valence-electron chi connectivity index (χ2n) is 4.60. The number of nitrogens with zero attached hydrogens (tertiary/aromatic N) is 3. The first kappa shape index (κ1) is 11.4. The van der Waals surface area contributed by atoms with Gasteiger partial charge >= 0.3 is 6.01 Å². The minimum Gasteiger partial charge on any atom is -0.336 e. The fraction of sp³-hybridized carbons (Fsp3) is 0.818. The lowest BCUT2D eigenvalue weighted by molar-refractivity contribution is 0.198. The van der Waals surface area contributed by atoms with E-state index in [9.17, 15) is 0 Å². The van der Waals surface area contributed by atoms with E-state index in [-0.39, 0.29) is 0 Å². The van der Waals surface area contributed by atoms with Gasteiger partial charge in [0.1, 0.15) is 0 Å². The second-order valence-corrected chi connectivity index (χ2v) is 4.60. The summed E-state index contributed by atoms with van der Waals surface area (Å²) in [6.45, 7) is 8.50. The molecule has 1 aliphatic heterocycles. The molecule has 90 valence electrons. The van der Waals surface area contributed by atoms with Crippen molar-refractivity contribution >= 4 is 6.01 Å². The number of aromatic nitrogens is 2. The molecule has 0 atom stereocenters. The zero-order valence-electron chi connectivity index (χ0n) is 10.1. The zero-order valence-corrected chi connectivity index (χ0v) is 10.1. The molecule has 0 aliphatic carbocycles. The number of rotatable bonds is 4. The Labute approximate surface area is 96.2 Å². The molecule has 2 heterocycles. The number of anilines is 1. The van der Waals surface area contributed by atoms with E-state index in [4.69, 9.17) is 4.52 Å².